The minimum Gasteiger partial charge on any atom is -0.397 e. The molecule has 0 aromatic carbocycles. The summed E-state index contributed by atoms with van der Waals surface area (Å²) in [5.74, 6) is 3.64. The van der Waals surface area contributed by atoms with Crippen molar-refractivity contribution in [3.8, 4) is 0 Å². The number of thioether (sulfide) groups is 1. The van der Waals surface area contributed by atoms with Crippen LogP contribution in [-0.4, -0.2) is 30.4 Å². The summed E-state index contributed by atoms with van der Waals surface area (Å²) in [7, 11) is 0. The monoisotopic (exact) mass is 322 g/mol. The highest BCUT2D eigenvalue weighted by atomic mass is 32.2. The van der Waals surface area contributed by atoms with E-state index in [0.29, 0.717) is 11.7 Å². The Morgan fingerprint density at radius 1 is 1.14 bits per heavy atom. The minimum atomic E-state index is 0.269. The van der Waals surface area contributed by atoms with Crippen molar-refractivity contribution in [3.63, 3.8) is 0 Å². The van der Waals surface area contributed by atoms with Crippen molar-refractivity contribution in [1.82, 2.24) is 0 Å². The molecule has 1 aromatic rings. The molecule has 21 heavy (non-hydrogen) atoms. The number of rotatable bonds is 4. The molecule has 2 N–H and O–H groups in total. The maximum atomic E-state index is 12.5. The Morgan fingerprint density at radius 3 is 2.67 bits per heavy atom. The molecule has 0 atom stereocenters. The van der Waals surface area contributed by atoms with Crippen LogP contribution in [-0.2, 0) is 0 Å². The van der Waals surface area contributed by atoms with Crippen LogP contribution < -0.4 is 10.6 Å². The second kappa shape index (κ2) is 5.51. The molecule has 2 saturated carbocycles. The third-order valence-corrected chi connectivity index (χ3v) is 6.98. The van der Waals surface area contributed by atoms with Crippen molar-refractivity contribution in [2.24, 2.45) is 5.92 Å². The second-order valence-electron chi connectivity index (χ2n) is 6.43. The van der Waals surface area contributed by atoms with Gasteiger partial charge in [-0.1, -0.05) is 0 Å². The van der Waals surface area contributed by atoms with Crippen LogP contribution in [0.3, 0.4) is 0 Å². The molecule has 2 aliphatic carbocycles. The van der Waals surface area contributed by atoms with E-state index in [1.807, 2.05) is 11.8 Å². The smallest absolute Gasteiger partial charge is 0.178 e. The van der Waals surface area contributed by atoms with E-state index in [2.05, 4.69) is 4.90 Å². The number of hydrogen-bond acceptors (Lipinski definition) is 5. The lowest BCUT2D eigenvalue weighted by molar-refractivity contribution is 0.0972. The highest BCUT2D eigenvalue weighted by Gasteiger charge is 2.38. The number of carbonyl (C=O) groups is 1. The predicted octanol–water partition coefficient (Wildman–Crippen LogP) is 3.74. The van der Waals surface area contributed by atoms with Gasteiger partial charge in [0.1, 0.15) is 0 Å². The molecule has 3 aliphatic rings. The minimum absolute atomic E-state index is 0.269. The quantitative estimate of drug-likeness (QED) is 0.858. The number of anilines is 2. The molecule has 4 rings (SSSR count). The number of nitrogens with two attached hydrogens (primary N) is 1. The summed E-state index contributed by atoms with van der Waals surface area (Å²) in [6.07, 6.45) is 5.84. The predicted molar refractivity (Wildman–Crippen MR) is 91.9 cm³/mol. The Labute approximate surface area is 134 Å². The van der Waals surface area contributed by atoms with E-state index in [9.17, 15) is 4.79 Å². The van der Waals surface area contributed by atoms with Gasteiger partial charge >= 0.3 is 0 Å². The van der Waals surface area contributed by atoms with Crippen LogP contribution in [0.15, 0.2) is 0 Å². The number of nitrogen functional groups attached to an aromatic ring is 1. The van der Waals surface area contributed by atoms with Gasteiger partial charge in [0.15, 0.2) is 5.78 Å². The lowest BCUT2D eigenvalue weighted by Gasteiger charge is -2.22. The first-order chi connectivity index (χ1) is 10.3. The molecule has 0 unspecified atom stereocenters. The molecule has 0 amide bonds. The molecular formula is C16H22N2OS2. The summed E-state index contributed by atoms with van der Waals surface area (Å²) in [6.45, 7) is 2.21. The Hall–Kier alpha value is -0.680. The second-order valence-corrected chi connectivity index (χ2v) is 8.65. The third kappa shape index (κ3) is 2.70. The van der Waals surface area contributed by atoms with Gasteiger partial charge in [-0.25, -0.2) is 0 Å². The largest absolute Gasteiger partial charge is 0.397 e. The lowest BCUT2D eigenvalue weighted by atomic mass is 10.1. The summed E-state index contributed by atoms with van der Waals surface area (Å²) in [6, 6.07) is 0. The molecule has 114 valence electrons. The van der Waals surface area contributed by atoms with Crippen LogP contribution in [0.25, 0.3) is 0 Å². The fraction of sp³-hybridized carbons (Fsp3) is 0.688. The average molecular weight is 322 g/mol. The summed E-state index contributed by atoms with van der Waals surface area (Å²) in [4.78, 5) is 15.9. The van der Waals surface area contributed by atoms with Gasteiger partial charge in [0.25, 0.3) is 0 Å². The van der Waals surface area contributed by atoms with Crippen LogP contribution in [0.5, 0.6) is 0 Å². The van der Waals surface area contributed by atoms with Crippen LogP contribution in [0, 0.1) is 5.92 Å². The van der Waals surface area contributed by atoms with Gasteiger partial charge in [0.05, 0.1) is 15.6 Å². The van der Waals surface area contributed by atoms with Crippen LogP contribution in [0.1, 0.15) is 53.3 Å². The molecule has 0 bridgehead atoms. The highest BCUT2D eigenvalue weighted by Crippen LogP contribution is 2.53. The van der Waals surface area contributed by atoms with E-state index < -0.39 is 0 Å². The summed E-state index contributed by atoms with van der Waals surface area (Å²) >= 11 is 3.73. The molecule has 0 spiro atoms. The number of carbonyl (C=O) groups excluding carboxylic acids is 1. The van der Waals surface area contributed by atoms with Crippen LogP contribution in [0.4, 0.5) is 10.7 Å². The Kier molecular flexibility index (Phi) is 3.66. The van der Waals surface area contributed by atoms with Gasteiger partial charge in [0.2, 0.25) is 0 Å². The summed E-state index contributed by atoms with van der Waals surface area (Å²) in [5.41, 5.74) is 8.56. The maximum Gasteiger partial charge on any atom is 0.178 e. The molecule has 2 heterocycles. The van der Waals surface area contributed by atoms with Gasteiger partial charge < -0.3 is 10.6 Å². The number of nitrogens with zero attached hydrogens (tertiary/aromatic N) is 1. The van der Waals surface area contributed by atoms with E-state index in [4.69, 9.17) is 5.73 Å². The molecule has 3 fully saturated rings. The van der Waals surface area contributed by atoms with Gasteiger partial charge in [-0.2, -0.15) is 11.8 Å². The molecule has 1 saturated heterocycles. The molecule has 0 radical (unpaired) electrons. The Morgan fingerprint density at radius 2 is 1.95 bits per heavy atom. The first kappa shape index (κ1) is 13.9. The normalized spacial score (nSPS) is 23.1. The van der Waals surface area contributed by atoms with Crippen molar-refractivity contribution in [1.29, 1.82) is 0 Å². The van der Waals surface area contributed by atoms with Crippen molar-refractivity contribution < 1.29 is 4.79 Å². The van der Waals surface area contributed by atoms with Crippen LogP contribution in [0.2, 0.25) is 0 Å². The van der Waals surface area contributed by atoms with Crippen molar-refractivity contribution in [3.05, 3.63) is 10.4 Å². The first-order valence-corrected chi connectivity index (χ1v) is 10.0. The molecule has 5 heteroatoms. The molecule has 3 nitrogen and oxygen atoms in total. The fourth-order valence-corrected chi connectivity index (χ4v) is 5.37. The Balaban J connectivity index is 1.70. The van der Waals surface area contributed by atoms with E-state index >= 15 is 0 Å². The number of ketones is 1. The fourth-order valence-electron chi connectivity index (χ4n) is 3.11. The zero-order chi connectivity index (χ0) is 14.4. The Bertz CT molecular complexity index is 553. The molecule has 1 aromatic heterocycles. The van der Waals surface area contributed by atoms with E-state index in [1.54, 1.807) is 11.3 Å². The number of hydrogen-bond donors (Lipinski definition) is 1. The maximum absolute atomic E-state index is 12.5. The topological polar surface area (TPSA) is 46.3 Å². The zero-order valence-electron chi connectivity index (χ0n) is 12.3. The van der Waals surface area contributed by atoms with E-state index in [1.165, 1.54) is 41.3 Å². The van der Waals surface area contributed by atoms with Gasteiger partial charge in [-0.3, -0.25) is 4.79 Å². The van der Waals surface area contributed by atoms with Crippen molar-refractivity contribution in [2.45, 2.75) is 38.0 Å². The third-order valence-electron chi connectivity index (χ3n) is 4.63. The average Bonchev–Trinajstić information content (AvgIpc) is 3.37. The highest BCUT2D eigenvalue weighted by molar-refractivity contribution is 7.99. The van der Waals surface area contributed by atoms with Gasteiger partial charge in [-0.05, 0) is 43.8 Å². The zero-order valence-corrected chi connectivity index (χ0v) is 13.9. The first-order valence-electron chi connectivity index (χ1n) is 8.04. The molecular weight excluding hydrogens is 300 g/mol. The van der Waals surface area contributed by atoms with Gasteiger partial charge in [-0.15, -0.1) is 11.3 Å². The van der Waals surface area contributed by atoms with Crippen molar-refractivity contribution in [2.75, 3.05) is 35.2 Å². The van der Waals surface area contributed by atoms with E-state index in [0.717, 1.165) is 36.5 Å². The summed E-state index contributed by atoms with van der Waals surface area (Å²) in [5, 5.41) is 1.32. The van der Waals surface area contributed by atoms with Crippen LogP contribution >= 0.6 is 23.1 Å². The van der Waals surface area contributed by atoms with Crippen molar-refractivity contribution >= 4 is 39.6 Å². The molecule has 1 aliphatic heterocycles. The number of Topliss-reactive ketones (excluding diaryl/α,β-unsaturated/α-hetero) is 1. The lowest BCUT2D eigenvalue weighted by Crippen LogP contribution is -2.25. The van der Waals surface area contributed by atoms with E-state index in [-0.39, 0.29) is 5.92 Å². The SMILES string of the molecule is Nc1c(C(=O)C2CC2)sc(N2CCCSCC2)c1C1CC1. The standard InChI is InChI=1S/C16H22N2OS2/c17-13-12(10-2-3-10)16(18-6-1-8-20-9-7-18)21-15(13)14(19)11-4-5-11/h10-11H,1-9,17H2. The van der Waals surface area contributed by atoms with Gasteiger partial charge in [0, 0.05) is 30.3 Å². The number of thiophene rings is 1. The summed E-state index contributed by atoms with van der Waals surface area (Å²) < 4.78 is 0.